The molecule has 1 fully saturated rings. The molecule has 0 bridgehead atoms. The minimum Gasteiger partial charge on any atom is -0.454 e. The molecule has 0 radical (unpaired) electrons. The number of ether oxygens (including phenoxy) is 2. The quantitative estimate of drug-likeness (QED) is 0.434. The molecule has 0 N–H and O–H groups in total. The van der Waals surface area contributed by atoms with Crippen molar-refractivity contribution in [2.24, 2.45) is 0 Å². The molecule has 0 spiro atoms. The smallest absolute Gasteiger partial charge is 0.254 e. The zero-order chi connectivity index (χ0) is 25.4. The lowest BCUT2D eigenvalue weighted by Crippen LogP contribution is -2.50. The van der Waals surface area contributed by atoms with Gasteiger partial charge in [0.05, 0.1) is 6.04 Å². The molecule has 3 aliphatic rings. The molecular formula is C30H32N2O4S. The Balaban J connectivity index is 1.31. The first-order valence-corrected chi connectivity index (χ1v) is 14.1. The lowest BCUT2D eigenvalue weighted by molar-refractivity contribution is -0.134. The maximum atomic E-state index is 14.1. The van der Waals surface area contributed by atoms with Crippen LogP contribution in [0.5, 0.6) is 11.5 Å². The Morgan fingerprint density at radius 2 is 1.81 bits per heavy atom. The maximum absolute atomic E-state index is 14.1. The first-order chi connectivity index (χ1) is 18.1. The lowest BCUT2D eigenvalue weighted by Gasteiger charge is -2.40. The van der Waals surface area contributed by atoms with Crippen LogP contribution in [0.4, 0.5) is 0 Å². The van der Waals surface area contributed by atoms with E-state index < -0.39 is 0 Å². The highest BCUT2D eigenvalue weighted by Crippen LogP contribution is 2.39. The van der Waals surface area contributed by atoms with Crippen molar-refractivity contribution in [2.75, 3.05) is 19.9 Å². The second-order valence-electron chi connectivity index (χ2n) is 10.2. The van der Waals surface area contributed by atoms with Gasteiger partial charge in [-0.25, -0.2) is 0 Å². The Morgan fingerprint density at radius 1 is 1.00 bits per heavy atom. The Kier molecular flexibility index (Phi) is 6.63. The van der Waals surface area contributed by atoms with E-state index in [1.807, 2.05) is 21.9 Å². The maximum Gasteiger partial charge on any atom is 0.254 e. The Labute approximate surface area is 221 Å². The molecule has 2 aromatic carbocycles. The van der Waals surface area contributed by atoms with Crippen molar-refractivity contribution in [3.63, 3.8) is 0 Å². The van der Waals surface area contributed by atoms with Gasteiger partial charge in [-0.3, -0.25) is 9.59 Å². The van der Waals surface area contributed by atoms with Crippen molar-refractivity contribution in [1.29, 1.82) is 0 Å². The van der Waals surface area contributed by atoms with Gasteiger partial charge in [-0.2, -0.15) is 0 Å². The summed E-state index contributed by atoms with van der Waals surface area (Å²) < 4.78 is 11.0. The van der Waals surface area contributed by atoms with E-state index in [2.05, 4.69) is 30.5 Å². The first kappa shape index (κ1) is 24.0. The summed E-state index contributed by atoms with van der Waals surface area (Å²) in [4.78, 5) is 33.2. The van der Waals surface area contributed by atoms with Crippen molar-refractivity contribution in [1.82, 2.24) is 9.80 Å². The number of carbonyl (C=O) groups is 2. The highest BCUT2D eigenvalue weighted by atomic mass is 32.1. The molecule has 6 rings (SSSR count). The van der Waals surface area contributed by atoms with Crippen LogP contribution in [0.25, 0.3) is 0 Å². The molecule has 2 amide bonds. The van der Waals surface area contributed by atoms with Crippen LogP contribution < -0.4 is 9.47 Å². The molecular weight excluding hydrogens is 484 g/mol. The molecule has 1 atom stereocenters. The normalized spacial score (nSPS) is 18.9. The fourth-order valence-corrected chi connectivity index (χ4v) is 6.91. The van der Waals surface area contributed by atoms with E-state index in [4.69, 9.17) is 9.47 Å². The monoisotopic (exact) mass is 516 g/mol. The van der Waals surface area contributed by atoms with Crippen molar-refractivity contribution in [2.45, 2.75) is 57.5 Å². The van der Waals surface area contributed by atoms with Crippen LogP contribution in [0, 0.1) is 6.92 Å². The summed E-state index contributed by atoms with van der Waals surface area (Å²) in [7, 11) is 0. The summed E-state index contributed by atoms with van der Waals surface area (Å²) in [5.41, 5.74) is 4.08. The molecule has 1 aromatic heterocycles. The highest BCUT2D eigenvalue weighted by Gasteiger charge is 2.36. The summed E-state index contributed by atoms with van der Waals surface area (Å²) in [6.07, 6.45) is 6.05. The number of rotatable bonds is 5. The summed E-state index contributed by atoms with van der Waals surface area (Å²) in [5.74, 6) is 1.13. The van der Waals surface area contributed by atoms with Crippen molar-refractivity contribution in [3.8, 4) is 11.5 Å². The third kappa shape index (κ3) is 4.61. The van der Waals surface area contributed by atoms with E-state index in [1.165, 1.54) is 22.4 Å². The van der Waals surface area contributed by atoms with Crippen LogP contribution in [-0.4, -0.2) is 47.5 Å². The number of thiophene rings is 1. The van der Waals surface area contributed by atoms with E-state index in [9.17, 15) is 9.59 Å². The Morgan fingerprint density at radius 3 is 2.65 bits per heavy atom. The van der Waals surface area contributed by atoms with E-state index in [-0.39, 0.29) is 37.2 Å². The summed E-state index contributed by atoms with van der Waals surface area (Å²) in [6.45, 7) is 3.01. The number of nitrogens with zero attached hydrogens (tertiary/aromatic N) is 2. The standard InChI is InChI=1S/C30H32N2O4S/c1-20-7-5-6-10-23(20)29-24-14-16-37-27(24)13-15-31(29)28(33)18-32(22-8-3-2-4-9-22)30(34)21-11-12-25-26(17-21)36-19-35-25/h5-7,10-12,14,16-17,22,29H,2-4,8-9,13,15,18-19H2,1H3. The van der Waals surface area contributed by atoms with Gasteiger partial charge in [-0.1, -0.05) is 43.5 Å². The average Bonchev–Trinajstić information content (AvgIpc) is 3.61. The number of hydrogen-bond donors (Lipinski definition) is 0. The van der Waals surface area contributed by atoms with Gasteiger partial charge in [0.25, 0.3) is 5.91 Å². The summed E-state index contributed by atoms with van der Waals surface area (Å²) in [6, 6.07) is 15.7. The van der Waals surface area contributed by atoms with Gasteiger partial charge in [0.1, 0.15) is 6.54 Å². The predicted octanol–water partition coefficient (Wildman–Crippen LogP) is 5.73. The molecule has 6 nitrogen and oxygen atoms in total. The van der Waals surface area contributed by atoms with Gasteiger partial charge < -0.3 is 19.3 Å². The molecule has 2 aliphatic heterocycles. The van der Waals surface area contributed by atoms with Gasteiger partial charge in [-0.05, 0) is 72.5 Å². The van der Waals surface area contributed by atoms with Gasteiger partial charge in [0, 0.05) is 23.0 Å². The average molecular weight is 517 g/mol. The van der Waals surface area contributed by atoms with Crippen molar-refractivity contribution < 1.29 is 19.1 Å². The molecule has 3 heterocycles. The van der Waals surface area contributed by atoms with Crippen molar-refractivity contribution >= 4 is 23.2 Å². The number of hydrogen-bond acceptors (Lipinski definition) is 5. The minimum absolute atomic E-state index is 0.00442. The third-order valence-corrected chi connectivity index (χ3v) is 8.97. The first-order valence-electron chi connectivity index (χ1n) is 13.2. The van der Waals surface area contributed by atoms with E-state index in [0.29, 0.717) is 23.6 Å². The van der Waals surface area contributed by atoms with Crippen molar-refractivity contribution in [3.05, 3.63) is 81.0 Å². The van der Waals surface area contributed by atoms with Crippen LogP contribution in [-0.2, 0) is 11.2 Å². The van der Waals surface area contributed by atoms with Gasteiger partial charge in [0.15, 0.2) is 11.5 Å². The number of fused-ring (bicyclic) bond motifs is 2. The Hall–Kier alpha value is -3.32. The second kappa shape index (κ2) is 10.2. The largest absolute Gasteiger partial charge is 0.454 e. The molecule has 1 aliphatic carbocycles. The lowest BCUT2D eigenvalue weighted by atomic mass is 9.90. The Bertz CT molecular complexity index is 1310. The van der Waals surface area contributed by atoms with Crippen LogP contribution >= 0.6 is 11.3 Å². The third-order valence-electron chi connectivity index (χ3n) is 7.97. The molecule has 192 valence electrons. The number of benzene rings is 2. The van der Waals surface area contributed by atoms with Crippen LogP contribution in [0.15, 0.2) is 53.9 Å². The van der Waals surface area contributed by atoms with Gasteiger partial charge >= 0.3 is 0 Å². The van der Waals surface area contributed by atoms with E-state index >= 15 is 0 Å². The molecule has 0 saturated heterocycles. The predicted molar refractivity (Wildman–Crippen MR) is 143 cm³/mol. The van der Waals surface area contributed by atoms with Gasteiger partial charge in [0.2, 0.25) is 12.7 Å². The number of aryl methyl sites for hydroxylation is 1. The number of amides is 2. The fourth-order valence-electron chi connectivity index (χ4n) is 6.01. The van der Waals surface area contributed by atoms with E-state index in [1.54, 1.807) is 29.5 Å². The zero-order valence-electron chi connectivity index (χ0n) is 21.2. The van der Waals surface area contributed by atoms with Crippen LogP contribution in [0.3, 0.4) is 0 Å². The van der Waals surface area contributed by atoms with Gasteiger partial charge in [-0.15, -0.1) is 11.3 Å². The molecule has 37 heavy (non-hydrogen) atoms. The highest BCUT2D eigenvalue weighted by molar-refractivity contribution is 7.10. The number of carbonyl (C=O) groups excluding carboxylic acids is 2. The molecule has 7 heteroatoms. The SMILES string of the molecule is Cc1ccccc1C1c2ccsc2CCN1C(=O)CN(C(=O)c1ccc2c(c1)OCO2)C1CCCCC1. The zero-order valence-corrected chi connectivity index (χ0v) is 22.0. The fraction of sp³-hybridized carbons (Fsp3) is 0.400. The molecule has 1 unspecified atom stereocenters. The van der Waals surface area contributed by atoms with E-state index in [0.717, 1.165) is 37.7 Å². The summed E-state index contributed by atoms with van der Waals surface area (Å²) >= 11 is 1.77. The van der Waals surface area contributed by atoms with Crippen LogP contribution in [0.2, 0.25) is 0 Å². The van der Waals surface area contributed by atoms with Crippen LogP contribution in [0.1, 0.15) is 70.1 Å². The molecule has 3 aromatic rings. The summed E-state index contributed by atoms with van der Waals surface area (Å²) in [5, 5.41) is 2.13. The second-order valence-corrected chi connectivity index (χ2v) is 11.2. The minimum atomic E-state index is -0.127. The topological polar surface area (TPSA) is 59.1 Å². The molecule has 1 saturated carbocycles.